The molecule has 0 bridgehead atoms. The largest absolute Gasteiger partial charge is 0.396 e. The third-order valence-corrected chi connectivity index (χ3v) is 4.86. The molecule has 24 heavy (non-hydrogen) atoms. The monoisotopic (exact) mass is 326 g/mol. The molecule has 0 aliphatic carbocycles. The minimum absolute atomic E-state index is 0.0712. The molecule has 3 heterocycles. The van der Waals surface area contributed by atoms with Gasteiger partial charge in [0.05, 0.1) is 0 Å². The van der Waals surface area contributed by atoms with Gasteiger partial charge in [0, 0.05) is 49.3 Å². The van der Waals surface area contributed by atoms with Crippen LogP contribution in [0.1, 0.15) is 38.2 Å². The lowest BCUT2D eigenvalue weighted by molar-refractivity contribution is 0.0215. The minimum atomic E-state index is 0.0712. The molecule has 0 unspecified atom stereocenters. The molecule has 0 spiro atoms. The second-order valence-electron chi connectivity index (χ2n) is 6.85. The van der Waals surface area contributed by atoms with Gasteiger partial charge in [-0.1, -0.05) is 19.4 Å². The van der Waals surface area contributed by atoms with Crippen LogP contribution in [0.25, 0.3) is 11.5 Å². The summed E-state index contributed by atoms with van der Waals surface area (Å²) < 4.78 is 0. The van der Waals surface area contributed by atoms with Gasteiger partial charge in [0.25, 0.3) is 0 Å². The molecule has 0 amide bonds. The van der Waals surface area contributed by atoms with E-state index in [0.717, 1.165) is 56.6 Å². The van der Waals surface area contributed by atoms with Crippen LogP contribution in [0.5, 0.6) is 0 Å². The summed E-state index contributed by atoms with van der Waals surface area (Å²) in [5.74, 6) is 0.661. The Bertz CT molecular complexity index is 628. The molecule has 5 nitrogen and oxygen atoms in total. The van der Waals surface area contributed by atoms with E-state index >= 15 is 0 Å². The van der Waals surface area contributed by atoms with Gasteiger partial charge in [0.1, 0.15) is 5.69 Å². The fourth-order valence-corrected chi connectivity index (χ4v) is 3.71. The Hall–Kier alpha value is -1.85. The smallest absolute Gasteiger partial charge is 0.178 e. The fraction of sp³-hybridized carbons (Fsp3) is 0.526. The van der Waals surface area contributed by atoms with Crippen LogP contribution >= 0.6 is 0 Å². The first-order chi connectivity index (χ1) is 11.7. The van der Waals surface area contributed by atoms with Crippen molar-refractivity contribution in [2.75, 3.05) is 19.7 Å². The molecule has 128 valence electrons. The number of pyridine rings is 1. The van der Waals surface area contributed by atoms with Crippen molar-refractivity contribution in [1.29, 1.82) is 0 Å². The second kappa shape index (κ2) is 7.81. The molecule has 1 atom stereocenters. The average Bonchev–Trinajstić information content (AvgIpc) is 2.64. The van der Waals surface area contributed by atoms with Crippen molar-refractivity contribution in [3.05, 3.63) is 42.4 Å². The van der Waals surface area contributed by atoms with Crippen LogP contribution in [-0.2, 0) is 6.54 Å². The van der Waals surface area contributed by atoms with E-state index in [4.69, 9.17) is 0 Å². The molecular weight excluding hydrogens is 300 g/mol. The van der Waals surface area contributed by atoms with Crippen LogP contribution < -0.4 is 0 Å². The summed E-state index contributed by atoms with van der Waals surface area (Å²) in [4.78, 5) is 15.6. The molecule has 5 heteroatoms. The molecule has 1 fully saturated rings. The normalized spacial score (nSPS) is 21.8. The van der Waals surface area contributed by atoms with Gasteiger partial charge in [-0.3, -0.25) is 9.88 Å². The van der Waals surface area contributed by atoms with Gasteiger partial charge >= 0.3 is 0 Å². The maximum atomic E-state index is 9.86. The van der Waals surface area contributed by atoms with Crippen LogP contribution in [0.2, 0.25) is 0 Å². The zero-order valence-electron chi connectivity index (χ0n) is 14.4. The number of nitrogens with zero attached hydrogens (tertiary/aromatic N) is 4. The Labute approximate surface area is 143 Å². The van der Waals surface area contributed by atoms with Gasteiger partial charge in [0.2, 0.25) is 0 Å². The lowest BCUT2D eigenvalue weighted by atomic mass is 9.77. The number of aliphatic hydroxyl groups is 1. The highest BCUT2D eigenvalue weighted by Gasteiger charge is 2.34. The van der Waals surface area contributed by atoms with Crippen LogP contribution in [0.3, 0.4) is 0 Å². The highest BCUT2D eigenvalue weighted by molar-refractivity contribution is 5.47. The van der Waals surface area contributed by atoms with Gasteiger partial charge < -0.3 is 5.11 Å². The minimum Gasteiger partial charge on any atom is -0.396 e. The molecule has 1 aliphatic rings. The van der Waals surface area contributed by atoms with E-state index in [1.54, 1.807) is 6.20 Å². The SMILES string of the molecule is CCC[C@@]1(CO)CCCN(Cc2cnc(-c3ccccn3)nc2)C1. The number of rotatable bonds is 6. The van der Waals surface area contributed by atoms with Gasteiger partial charge in [0.15, 0.2) is 5.82 Å². The van der Waals surface area contributed by atoms with Crippen molar-refractivity contribution in [3.63, 3.8) is 0 Å². The first kappa shape index (κ1) is 17.0. The zero-order valence-corrected chi connectivity index (χ0v) is 14.4. The number of hydrogen-bond donors (Lipinski definition) is 1. The Morgan fingerprint density at radius 3 is 2.71 bits per heavy atom. The molecular formula is C19H26N4O. The van der Waals surface area contributed by atoms with Crippen LogP contribution in [0, 0.1) is 5.41 Å². The second-order valence-corrected chi connectivity index (χ2v) is 6.85. The molecule has 1 N–H and O–H groups in total. The lowest BCUT2D eigenvalue weighted by Gasteiger charge is -2.42. The van der Waals surface area contributed by atoms with Crippen molar-refractivity contribution in [3.8, 4) is 11.5 Å². The third-order valence-electron chi connectivity index (χ3n) is 4.86. The zero-order chi connectivity index (χ0) is 16.8. The van der Waals surface area contributed by atoms with Crippen molar-refractivity contribution in [2.24, 2.45) is 5.41 Å². The molecule has 2 aromatic rings. The van der Waals surface area contributed by atoms with Crippen LogP contribution in [0.4, 0.5) is 0 Å². The lowest BCUT2D eigenvalue weighted by Crippen LogP contribution is -2.44. The molecule has 1 saturated heterocycles. The predicted molar refractivity (Wildman–Crippen MR) is 94.2 cm³/mol. The van der Waals surface area contributed by atoms with E-state index in [0.29, 0.717) is 5.82 Å². The Morgan fingerprint density at radius 2 is 2.04 bits per heavy atom. The first-order valence-electron chi connectivity index (χ1n) is 8.80. The molecule has 3 rings (SSSR count). The van der Waals surface area contributed by atoms with Gasteiger partial charge in [-0.05, 0) is 37.9 Å². The van der Waals surface area contributed by atoms with Gasteiger partial charge in [-0.15, -0.1) is 0 Å². The van der Waals surface area contributed by atoms with Gasteiger partial charge in [-0.2, -0.15) is 0 Å². The Morgan fingerprint density at radius 1 is 1.21 bits per heavy atom. The summed E-state index contributed by atoms with van der Waals surface area (Å²) in [6.07, 6.45) is 10.0. The molecule has 0 radical (unpaired) electrons. The van der Waals surface area contributed by atoms with Crippen molar-refractivity contribution >= 4 is 0 Å². The highest BCUT2D eigenvalue weighted by atomic mass is 16.3. The number of hydrogen-bond acceptors (Lipinski definition) is 5. The van der Waals surface area contributed by atoms with Crippen molar-refractivity contribution in [1.82, 2.24) is 19.9 Å². The number of likely N-dealkylation sites (tertiary alicyclic amines) is 1. The highest BCUT2D eigenvalue weighted by Crippen LogP contribution is 2.34. The molecule has 2 aromatic heterocycles. The predicted octanol–water partition coefficient (Wildman–Crippen LogP) is 2.91. The van der Waals surface area contributed by atoms with E-state index in [-0.39, 0.29) is 12.0 Å². The van der Waals surface area contributed by atoms with E-state index in [1.165, 1.54) is 0 Å². The third kappa shape index (κ3) is 3.97. The maximum Gasteiger partial charge on any atom is 0.178 e. The number of aromatic nitrogens is 3. The van der Waals surface area contributed by atoms with Gasteiger partial charge in [-0.25, -0.2) is 9.97 Å². The van der Waals surface area contributed by atoms with Crippen LogP contribution in [0.15, 0.2) is 36.8 Å². The molecule has 0 saturated carbocycles. The quantitative estimate of drug-likeness (QED) is 0.884. The summed E-state index contributed by atoms with van der Waals surface area (Å²) in [5, 5.41) is 9.86. The standard InChI is InChI=1S/C19H26N4O/c1-2-7-19(15-24)8-5-10-23(14-19)13-16-11-21-18(22-12-16)17-6-3-4-9-20-17/h3-4,6,9,11-12,24H,2,5,7-8,10,13-15H2,1H3/t19-/m1/s1. The molecule has 0 aromatic carbocycles. The van der Waals surface area contributed by atoms with E-state index in [2.05, 4.69) is 26.8 Å². The summed E-state index contributed by atoms with van der Waals surface area (Å²) in [7, 11) is 0. The number of piperidine rings is 1. The summed E-state index contributed by atoms with van der Waals surface area (Å²) >= 11 is 0. The molecule has 1 aliphatic heterocycles. The summed E-state index contributed by atoms with van der Waals surface area (Å²) in [6.45, 7) is 5.35. The van der Waals surface area contributed by atoms with Crippen LogP contribution in [-0.4, -0.2) is 44.7 Å². The first-order valence-corrected chi connectivity index (χ1v) is 8.80. The van der Waals surface area contributed by atoms with E-state index in [1.807, 2.05) is 30.6 Å². The van der Waals surface area contributed by atoms with E-state index in [9.17, 15) is 5.11 Å². The average molecular weight is 326 g/mol. The maximum absolute atomic E-state index is 9.86. The summed E-state index contributed by atoms with van der Waals surface area (Å²) in [6, 6.07) is 5.74. The van der Waals surface area contributed by atoms with Crippen molar-refractivity contribution in [2.45, 2.75) is 39.2 Å². The Kier molecular flexibility index (Phi) is 5.53. The summed E-state index contributed by atoms with van der Waals surface area (Å²) in [5.41, 5.74) is 1.98. The Balaban J connectivity index is 1.65. The number of aliphatic hydroxyl groups excluding tert-OH is 1. The topological polar surface area (TPSA) is 62.1 Å². The fourth-order valence-electron chi connectivity index (χ4n) is 3.71. The van der Waals surface area contributed by atoms with Crippen molar-refractivity contribution < 1.29 is 5.11 Å². The van der Waals surface area contributed by atoms with E-state index < -0.39 is 0 Å².